The summed E-state index contributed by atoms with van der Waals surface area (Å²) < 4.78 is 10.5. The molecule has 2 aromatic rings. The van der Waals surface area contributed by atoms with Crippen LogP contribution in [0.2, 0.25) is 5.02 Å². The van der Waals surface area contributed by atoms with E-state index in [1.807, 2.05) is 0 Å². The molecular formula is C19H19ClN2O5. The second-order valence-corrected chi connectivity index (χ2v) is 5.83. The molecule has 0 fully saturated rings. The number of halogens is 1. The molecule has 0 radical (unpaired) electrons. The van der Waals surface area contributed by atoms with Gasteiger partial charge >= 0.3 is 12.0 Å². The van der Waals surface area contributed by atoms with Crippen LogP contribution in [-0.4, -0.2) is 31.6 Å². The molecule has 0 aliphatic rings. The zero-order valence-corrected chi connectivity index (χ0v) is 15.6. The number of ether oxygens (including phenoxy) is 2. The minimum atomic E-state index is -1.33. The molecule has 0 aliphatic carbocycles. The quantitative estimate of drug-likeness (QED) is 0.739. The largest absolute Gasteiger partial charge is 0.496 e. The lowest BCUT2D eigenvalue weighted by atomic mass is 10.1. The Morgan fingerprint density at radius 2 is 1.81 bits per heavy atom. The fourth-order valence-electron chi connectivity index (χ4n) is 2.29. The molecule has 8 heteroatoms. The van der Waals surface area contributed by atoms with Crippen molar-refractivity contribution in [1.82, 2.24) is 10.6 Å². The molecule has 0 saturated carbocycles. The van der Waals surface area contributed by atoms with Gasteiger partial charge in [0.25, 0.3) is 5.91 Å². The van der Waals surface area contributed by atoms with Crippen molar-refractivity contribution in [3.8, 4) is 5.75 Å². The average Bonchev–Trinajstić information content (AvgIpc) is 2.66. The van der Waals surface area contributed by atoms with Crippen molar-refractivity contribution in [2.45, 2.75) is 13.0 Å². The van der Waals surface area contributed by atoms with Gasteiger partial charge in [0.1, 0.15) is 11.3 Å². The minimum Gasteiger partial charge on any atom is -0.496 e. The third kappa shape index (κ3) is 5.46. The molecule has 0 bridgehead atoms. The molecular weight excluding hydrogens is 372 g/mol. The summed E-state index contributed by atoms with van der Waals surface area (Å²) >= 11 is 5.94. The van der Waals surface area contributed by atoms with Gasteiger partial charge < -0.3 is 14.8 Å². The Bertz CT molecular complexity index is 826. The Balaban J connectivity index is 2.29. The number of carbonyl (C=O) groups is 3. The molecule has 2 aromatic carbocycles. The summed E-state index contributed by atoms with van der Waals surface area (Å²) in [6, 6.07) is 12.1. The van der Waals surface area contributed by atoms with Crippen LogP contribution < -0.4 is 15.4 Å². The number of esters is 1. The highest BCUT2D eigenvalue weighted by molar-refractivity contribution is 6.31. The summed E-state index contributed by atoms with van der Waals surface area (Å²) in [4.78, 5) is 36.8. The van der Waals surface area contributed by atoms with Crippen LogP contribution in [0.4, 0.5) is 4.79 Å². The van der Waals surface area contributed by atoms with Crippen molar-refractivity contribution in [2.24, 2.45) is 0 Å². The van der Waals surface area contributed by atoms with Gasteiger partial charge in [-0.05, 0) is 25.1 Å². The van der Waals surface area contributed by atoms with E-state index in [1.54, 1.807) is 43.3 Å². The van der Waals surface area contributed by atoms with Gasteiger partial charge in [0.15, 0.2) is 0 Å². The predicted molar refractivity (Wildman–Crippen MR) is 99.8 cm³/mol. The van der Waals surface area contributed by atoms with Crippen LogP contribution in [0, 0.1) is 0 Å². The standard InChI is InChI=1S/C19H19ClN2O5/c1-3-21-19(25)22-17(23)16(12-7-5-4-6-8-12)27-18(24)14-11-13(20)9-10-15(14)26-2/h4-11,16H,3H2,1-2H3,(H2,21,22,23,25). The van der Waals surface area contributed by atoms with Crippen LogP contribution in [-0.2, 0) is 9.53 Å². The summed E-state index contributed by atoms with van der Waals surface area (Å²) in [7, 11) is 1.40. The van der Waals surface area contributed by atoms with Crippen molar-refractivity contribution in [3.63, 3.8) is 0 Å². The molecule has 7 nitrogen and oxygen atoms in total. The molecule has 1 unspecified atom stereocenters. The maximum absolute atomic E-state index is 12.6. The topological polar surface area (TPSA) is 93.7 Å². The van der Waals surface area contributed by atoms with Gasteiger partial charge in [-0.25, -0.2) is 9.59 Å². The van der Waals surface area contributed by atoms with Crippen LogP contribution in [0.3, 0.4) is 0 Å². The third-order valence-corrected chi connectivity index (χ3v) is 3.76. The normalized spacial score (nSPS) is 11.2. The predicted octanol–water partition coefficient (Wildman–Crippen LogP) is 3.09. The Hall–Kier alpha value is -3.06. The van der Waals surface area contributed by atoms with Crippen LogP contribution in [0.5, 0.6) is 5.75 Å². The highest BCUT2D eigenvalue weighted by atomic mass is 35.5. The summed E-state index contributed by atoms with van der Waals surface area (Å²) in [5.41, 5.74) is 0.477. The molecule has 1 atom stereocenters. The van der Waals surface area contributed by atoms with E-state index in [9.17, 15) is 14.4 Å². The van der Waals surface area contributed by atoms with Crippen LogP contribution in [0.25, 0.3) is 0 Å². The minimum absolute atomic E-state index is 0.0664. The average molecular weight is 391 g/mol. The van der Waals surface area contributed by atoms with Gasteiger partial charge in [0.2, 0.25) is 6.10 Å². The van der Waals surface area contributed by atoms with Crippen molar-refractivity contribution in [1.29, 1.82) is 0 Å². The second-order valence-electron chi connectivity index (χ2n) is 5.39. The van der Waals surface area contributed by atoms with Crippen molar-refractivity contribution < 1.29 is 23.9 Å². The number of urea groups is 1. The van der Waals surface area contributed by atoms with Crippen molar-refractivity contribution in [2.75, 3.05) is 13.7 Å². The first-order chi connectivity index (χ1) is 13.0. The number of imide groups is 1. The first-order valence-electron chi connectivity index (χ1n) is 8.14. The molecule has 0 heterocycles. The van der Waals surface area contributed by atoms with E-state index in [1.165, 1.54) is 19.2 Å². The lowest BCUT2D eigenvalue weighted by Crippen LogP contribution is -2.42. The maximum Gasteiger partial charge on any atom is 0.343 e. The molecule has 3 amide bonds. The first-order valence-corrected chi connectivity index (χ1v) is 8.52. The molecule has 2 N–H and O–H groups in total. The van der Waals surface area contributed by atoms with Gasteiger partial charge in [-0.2, -0.15) is 0 Å². The van der Waals surface area contributed by atoms with E-state index in [0.717, 1.165) is 0 Å². The Morgan fingerprint density at radius 3 is 2.44 bits per heavy atom. The van der Waals surface area contributed by atoms with Crippen LogP contribution in [0.15, 0.2) is 48.5 Å². The smallest absolute Gasteiger partial charge is 0.343 e. The van der Waals surface area contributed by atoms with Crippen molar-refractivity contribution in [3.05, 3.63) is 64.7 Å². The summed E-state index contributed by atoms with van der Waals surface area (Å²) in [5, 5.41) is 4.91. The number of benzene rings is 2. The van der Waals surface area contributed by atoms with Gasteiger partial charge in [-0.15, -0.1) is 0 Å². The summed E-state index contributed by atoms with van der Waals surface area (Å²) in [6.45, 7) is 2.05. The highest BCUT2D eigenvalue weighted by Crippen LogP contribution is 2.26. The van der Waals surface area contributed by atoms with E-state index in [0.29, 0.717) is 17.1 Å². The summed E-state index contributed by atoms with van der Waals surface area (Å²) in [6.07, 6.45) is -1.33. The van der Waals surface area contributed by atoms with Crippen molar-refractivity contribution >= 4 is 29.5 Å². The Kier molecular flexibility index (Phi) is 7.19. The maximum atomic E-state index is 12.6. The zero-order chi connectivity index (χ0) is 19.8. The lowest BCUT2D eigenvalue weighted by molar-refractivity contribution is -0.129. The number of hydrogen-bond acceptors (Lipinski definition) is 5. The van der Waals surface area contributed by atoms with E-state index < -0.39 is 24.0 Å². The van der Waals surface area contributed by atoms with Crippen LogP contribution in [0.1, 0.15) is 28.9 Å². The number of nitrogens with one attached hydrogen (secondary N) is 2. The molecule has 0 aromatic heterocycles. The zero-order valence-electron chi connectivity index (χ0n) is 14.8. The number of carbonyl (C=O) groups excluding carboxylic acids is 3. The second kappa shape index (κ2) is 9.59. The summed E-state index contributed by atoms with van der Waals surface area (Å²) in [5.74, 6) is -1.34. The fraction of sp³-hybridized carbons (Fsp3) is 0.211. The molecule has 0 saturated heterocycles. The molecule has 142 valence electrons. The van der Waals surface area contributed by atoms with Crippen LogP contribution >= 0.6 is 11.6 Å². The SMILES string of the molecule is CCNC(=O)NC(=O)C(OC(=O)c1cc(Cl)ccc1OC)c1ccccc1. The Morgan fingerprint density at radius 1 is 1.11 bits per heavy atom. The third-order valence-electron chi connectivity index (χ3n) is 3.52. The molecule has 27 heavy (non-hydrogen) atoms. The van der Waals surface area contributed by atoms with E-state index in [2.05, 4.69) is 10.6 Å². The van der Waals surface area contributed by atoms with Gasteiger partial charge in [0.05, 0.1) is 7.11 Å². The Labute approximate surface area is 161 Å². The molecule has 0 aliphatic heterocycles. The van der Waals surface area contributed by atoms with E-state index in [-0.39, 0.29) is 11.3 Å². The van der Waals surface area contributed by atoms with E-state index >= 15 is 0 Å². The number of hydrogen-bond donors (Lipinski definition) is 2. The van der Waals surface area contributed by atoms with E-state index in [4.69, 9.17) is 21.1 Å². The van der Waals surface area contributed by atoms with Gasteiger partial charge in [0, 0.05) is 17.1 Å². The first kappa shape index (κ1) is 20.3. The highest BCUT2D eigenvalue weighted by Gasteiger charge is 2.28. The number of amides is 3. The van der Waals surface area contributed by atoms with Gasteiger partial charge in [-0.3, -0.25) is 10.1 Å². The van der Waals surface area contributed by atoms with Gasteiger partial charge in [-0.1, -0.05) is 41.9 Å². The molecule has 0 spiro atoms. The number of rotatable bonds is 6. The number of methoxy groups -OCH3 is 1. The monoisotopic (exact) mass is 390 g/mol. The lowest BCUT2D eigenvalue weighted by Gasteiger charge is -2.18. The fourth-order valence-corrected chi connectivity index (χ4v) is 2.47. The molecule has 2 rings (SSSR count).